The summed E-state index contributed by atoms with van der Waals surface area (Å²) in [5, 5.41) is 12.4. The highest BCUT2D eigenvalue weighted by molar-refractivity contribution is 7.13. The van der Waals surface area contributed by atoms with Crippen LogP contribution in [0.25, 0.3) is 0 Å². The average Bonchev–Trinajstić information content (AvgIpc) is 3.34. The van der Waals surface area contributed by atoms with E-state index < -0.39 is 0 Å². The van der Waals surface area contributed by atoms with Crippen molar-refractivity contribution in [2.24, 2.45) is 0 Å². The molecule has 3 aromatic rings. The van der Waals surface area contributed by atoms with Crippen LogP contribution in [0.2, 0.25) is 0 Å². The molecule has 0 radical (unpaired) electrons. The quantitative estimate of drug-likeness (QED) is 0.585. The van der Waals surface area contributed by atoms with E-state index in [1.807, 2.05) is 59.5 Å². The fourth-order valence-corrected chi connectivity index (χ4v) is 4.68. The Bertz CT molecular complexity index is 1040. The monoisotopic (exact) mass is 450 g/mol. The van der Waals surface area contributed by atoms with Crippen LogP contribution in [-0.4, -0.2) is 47.1 Å². The molecule has 7 nitrogen and oxygen atoms in total. The lowest BCUT2D eigenvalue weighted by molar-refractivity contribution is -0.132. The van der Waals surface area contributed by atoms with Crippen LogP contribution in [-0.2, 0) is 11.2 Å². The van der Waals surface area contributed by atoms with E-state index in [0.29, 0.717) is 24.5 Å². The summed E-state index contributed by atoms with van der Waals surface area (Å²) in [6, 6.07) is 17.1. The number of hydrogen-bond acceptors (Lipinski definition) is 6. The average molecular weight is 451 g/mol. The molecule has 32 heavy (non-hydrogen) atoms. The van der Waals surface area contributed by atoms with E-state index >= 15 is 0 Å². The van der Waals surface area contributed by atoms with Crippen LogP contribution in [0.1, 0.15) is 45.6 Å². The minimum atomic E-state index is -0.244. The van der Waals surface area contributed by atoms with Gasteiger partial charge in [0.15, 0.2) is 0 Å². The largest absolute Gasteiger partial charge is 0.497 e. The summed E-state index contributed by atoms with van der Waals surface area (Å²) in [5.41, 5.74) is 1.86. The summed E-state index contributed by atoms with van der Waals surface area (Å²) in [6.07, 6.45) is 2.89. The first-order valence-corrected chi connectivity index (χ1v) is 11.5. The Kier molecular flexibility index (Phi) is 7.11. The number of aryl methyl sites for hydroxylation is 1. The Labute approximate surface area is 191 Å². The number of carbonyl (C=O) groups is 2. The lowest BCUT2D eigenvalue weighted by Crippen LogP contribution is -2.38. The number of nitrogens with zero attached hydrogens (tertiary/aromatic N) is 3. The Hall–Kier alpha value is -3.26. The van der Waals surface area contributed by atoms with Gasteiger partial charge in [0.05, 0.1) is 7.11 Å². The second-order valence-corrected chi connectivity index (χ2v) is 8.78. The number of hydrogen-bond donors (Lipinski definition) is 1. The Morgan fingerprint density at radius 3 is 2.47 bits per heavy atom. The number of nitrogens with one attached hydrogen (secondary N) is 1. The number of anilines is 1. The summed E-state index contributed by atoms with van der Waals surface area (Å²) < 4.78 is 5.17. The van der Waals surface area contributed by atoms with E-state index in [9.17, 15) is 9.59 Å². The third-order valence-electron chi connectivity index (χ3n) is 5.65. The van der Waals surface area contributed by atoms with Gasteiger partial charge in [-0.05, 0) is 49.1 Å². The third-order valence-corrected chi connectivity index (χ3v) is 6.73. The first-order valence-electron chi connectivity index (χ1n) is 10.7. The highest BCUT2D eigenvalue weighted by Gasteiger charge is 2.27. The van der Waals surface area contributed by atoms with Crippen LogP contribution in [0.5, 0.6) is 5.75 Å². The van der Waals surface area contributed by atoms with Crippen LogP contribution in [0.15, 0.2) is 54.6 Å². The number of aromatic nitrogens is 2. The number of likely N-dealkylation sites (tertiary alicyclic amines) is 1. The Morgan fingerprint density at radius 2 is 1.78 bits per heavy atom. The van der Waals surface area contributed by atoms with Crippen LogP contribution in [0, 0.1) is 0 Å². The first kappa shape index (κ1) is 22.0. The maximum atomic E-state index is 12.6. The van der Waals surface area contributed by atoms with Gasteiger partial charge in [-0.2, -0.15) is 0 Å². The van der Waals surface area contributed by atoms with Gasteiger partial charge in [0, 0.05) is 31.1 Å². The summed E-state index contributed by atoms with van der Waals surface area (Å²) in [5.74, 6) is 0.987. The molecule has 2 amide bonds. The molecule has 0 atom stereocenters. The number of carbonyl (C=O) groups excluding carboxylic acids is 2. The molecule has 166 valence electrons. The number of rotatable bonds is 7. The van der Waals surface area contributed by atoms with Crippen molar-refractivity contribution in [3.05, 3.63) is 70.2 Å². The van der Waals surface area contributed by atoms with Crippen molar-refractivity contribution in [1.82, 2.24) is 15.1 Å². The molecular weight excluding hydrogens is 424 g/mol. The van der Waals surface area contributed by atoms with Gasteiger partial charge < -0.3 is 15.0 Å². The van der Waals surface area contributed by atoms with E-state index in [1.54, 1.807) is 7.11 Å². The normalized spacial score (nSPS) is 14.2. The maximum absolute atomic E-state index is 12.6. The maximum Gasteiger partial charge on any atom is 0.286 e. The van der Waals surface area contributed by atoms with Crippen LogP contribution in [0.4, 0.5) is 5.69 Å². The van der Waals surface area contributed by atoms with Gasteiger partial charge in [-0.25, -0.2) is 0 Å². The lowest BCUT2D eigenvalue weighted by Gasteiger charge is -2.31. The third kappa shape index (κ3) is 5.50. The molecule has 0 spiro atoms. The molecule has 1 aromatic heterocycles. The topological polar surface area (TPSA) is 84.4 Å². The fourth-order valence-electron chi connectivity index (χ4n) is 3.77. The van der Waals surface area contributed by atoms with E-state index in [0.717, 1.165) is 41.3 Å². The molecule has 0 saturated carbocycles. The first-order chi connectivity index (χ1) is 15.6. The van der Waals surface area contributed by atoms with Crippen molar-refractivity contribution >= 4 is 28.8 Å². The van der Waals surface area contributed by atoms with Crippen LogP contribution < -0.4 is 10.1 Å². The van der Waals surface area contributed by atoms with Gasteiger partial charge >= 0.3 is 0 Å². The predicted molar refractivity (Wildman–Crippen MR) is 124 cm³/mol. The van der Waals surface area contributed by atoms with Gasteiger partial charge in [0.2, 0.25) is 10.9 Å². The molecule has 4 rings (SSSR count). The van der Waals surface area contributed by atoms with Gasteiger partial charge in [-0.1, -0.05) is 41.7 Å². The van der Waals surface area contributed by atoms with Gasteiger partial charge in [0.1, 0.15) is 10.8 Å². The fraction of sp³-hybridized carbons (Fsp3) is 0.333. The molecule has 1 saturated heterocycles. The highest BCUT2D eigenvalue weighted by atomic mass is 32.1. The molecule has 2 aromatic carbocycles. The molecule has 0 bridgehead atoms. The summed E-state index contributed by atoms with van der Waals surface area (Å²) >= 11 is 1.34. The molecule has 1 fully saturated rings. The van der Waals surface area contributed by atoms with Crippen molar-refractivity contribution < 1.29 is 14.3 Å². The standard InChI is InChI=1S/C24H26N4O3S/c1-31-20-10-7-17(8-11-20)9-12-21(29)28-15-13-18(14-16-28)23-26-27-24(32-23)22(30)25-19-5-3-2-4-6-19/h2-8,10-11,18H,9,12-16H2,1H3,(H,25,30). The van der Waals surface area contributed by atoms with E-state index in [4.69, 9.17) is 4.74 Å². The van der Waals surface area contributed by atoms with Crippen molar-refractivity contribution in [1.29, 1.82) is 0 Å². The highest BCUT2D eigenvalue weighted by Crippen LogP contribution is 2.30. The molecule has 1 aliphatic rings. The van der Waals surface area contributed by atoms with Crippen LogP contribution >= 0.6 is 11.3 Å². The van der Waals surface area contributed by atoms with Gasteiger partial charge in [0.25, 0.3) is 5.91 Å². The van der Waals surface area contributed by atoms with E-state index in [-0.39, 0.29) is 17.7 Å². The minimum absolute atomic E-state index is 0.180. The Morgan fingerprint density at radius 1 is 1.06 bits per heavy atom. The van der Waals surface area contributed by atoms with E-state index in [1.165, 1.54) is 11.3 Å². The number of benzene rings is 2. The number of para-hydroxylation sites is 1. The van der Waals surface area contributed by atoms with Gasteiger partial charge in [-0.15, -0.1) is 10.2 Å². The summed E-state index contributed by atoms with van der Waals surface area (Å²) in [6.45, 7) is 1.41. The number of amides is 2. The number of ether oxygens (including phenoxy) is 1. The zero-order valence-electron chi connectivity index (χ0n) is 18.0. The van der Waals surface area contributed by atoms with E-state index in [2.05, 4.69) is 15.5 Å². The predicted octanol–water partition coefficient (Wildman–Crippen LogP) is 4.14. The van der Waals surface area contributed by atoms with Crippen molar-refractivity contribution in [2.45, 2.75) is 31.6 Å². The lowest BCUT2D eigenvalue weighted by atomic mass is 9.97. The summed E-state index contributed by atoms with van der Waals surface area (Å²) in [4.78, 5) is 27.0. The molecule has 8 heteroatoms. The van der Waals surface area contributed by atoms with Crippen LogP contribution in [0.3, 0.4) is 0 Å². The molecule has 1 aliphatic heterocycles. The minimum Gasteiger partial charge on any atom is -0.497 e. The second kappa shape index (κ2) is 10.4. The molecular formula is C24H26N4O3S. The number of piperidine rings is 1. The zero-order valence-corrected chi connectivity index (χ0v) is 18.8. The molecule has 0 aliphatic carbocycles. The zero-order chi connectivity index (χ0) is 22.3. The molecule has 0 unspecified atom stereocenters. The van der Waals surface area contributed by atoms with Gasteiger partial charge in [-0.3, -0.25) is 9.59 Å². The molecule has 2 heterocycles. The van der Waals surface area contributed by atoms with Crippen molar-refractivity contribution in [3.8, 4) is 5.75 Å². The smallest absolute Gasteiger partial charge is 0.286 e. The second-order valence-electron chi connectivity index (χ2n) is 7.77. The summed E-state index contributed by atoms with van der Waals surface area (Å²) in [7, 11) is 1.64. The van der Waals surface area contributed by atoms with Crippen molar-refractivity contribution in [2.75, 3.05) is 25.5 Å². The SMILES string of the molecule is COc1ccc(CCC(=O)N2CCC(c3nnc(C(=O)Nc4ccccc4)s3)CC2)cc1. The Balaban J connectivity index is 1.25. The van der Waals surface area contributed by atoms with Crippen molar-refractivity contribution in [3.63, 3.8) is 0 Å². The molecule has 1 N–H and O–H groups in total. The number of methoxy groups -OCH3 is 1.